The van der Waals surface area contributed by atoms with Crippen LogP contribution in [0.3, 0.4) is 0 Å². The van der Waals surface area contributed by atoms with Gasteiger partial charge in [-0.1, -0.05) is 48.5 Å². The van der Waals surface area contributed by atoms with Crippen LogP contribution < -0.4 is 26.6 Å². The molecule has 240 valence electrons. The molecule has 1 heterocycles. The van der Waals surface area contributed by atoms with E-state index in [1.807, 2.05) is 27.7 Å². The molecule has 0 radical (unpaired) electrons. The first-order chi connectivity index (χ1) is 19.6. The van der Waals surface area contributed by atoms with E-state index in [9.17, 15) is 33.9 Å². The van der Waals surface area contributed by atoms with Crippen molar-refractivity contribution in [2.75, 3.05) is 19.6 Å². The zero-order valence-corrected chi connectivity index (χ0v) is 26.3. The highest BCUT2D eigenvalue weighted by Crippen LogP contribution is 2.20. The number of carboxylic acid groups (broad SMARTS) is 1. The fraction of sp³-hybridized carbons (Fsp3) is 0.793. The van der Waals surface area contributed by atoms with E-state index in [0.29, 0.717) is 44.8 Å². The van der Waals surface area contributed by atoms with Crippen molar-refractivity contribution in [1.29, 1.82) is 0 Å². The van der Waals surface area contributed by atoms with Crippen LogP contribution in [0.2, 0.25) is 0 Å². The first-order valence-corrected chi connectivity index (χ1v) is 15.0. The SMILES string of the molecule is CCC(CC)NC(=O)N[C@H](C(=O)N[C@@H](CC(=O)N1CCCC1)C(=O)N[C@@H](CC(=O)O)C(=O)NCCC(C)C)C(C)(C)C. The van der Waals surface area contributed by atoms with Gasteiger partial charge < -0.3 is 36.6 Å². The Bertz CT molecular complexity index is 939. The molecule has 0 aromatic rings. The lowest BCUT2D eigenvalue weighted by Gasteiger charge is -2.32. The Morgan fingerprint density at radius 2 is 1.33 bits per heavy atom. The minimum Gasteiger partial charge on any atom is -0.481 e. The van der Waals surface area contributed by atoms with Gasteiger partial charge in [0.2, 0.25) is 23.6 Å². The Hall–Kier alpha value is -3.38. The molecule has 0 spiro atoms. The molecule has 0 aliphatic carbocycles. The summed E-state index contributed by atoms with van der Waals surface area (Å²) in [5.41, 5.74) is -0.766. The van der Waals surface area contributed by atoms with Crippen molar-refractivity contribution in [1.82, 2.24) is 31.5 Å². The summed E-state index contributed by atoms with van der Waals surface area (Å²) in [5.74, 6) is -3.57. The largest absolute Gasteiger partial charge is 0.481 e. The number of aliphatic carboxylic acids is 1. The Morgan fingerprint density at radius 1 is 0.786 bits per heavy atom. The molecule has 13 heteroatoms. The van der Waals surface area contributed by atoms with Crippen molar-refractivity contribution in [2.45, 2.75) is 118 Å². The van der Waals surface area contributed by atoms with Crippen LogP contribution in [0.25, 0.3) is 0 Å². The van der Waals surface area contributed by atoms with Crippen LogP contribution in [0.15, 0.2) is 0 Å². The topological polar surface area (TPSA) is 186 Å². The molecule has 1 fully saturated rings. The average Bonchev–Trinajstić information content (AvgIpc) is 3.43. The molecule has 0 unspecified atom stereocenters. The zero-order valence-electron chi connectivity index (χ0n) is 26.3. The molecule has 6 amide bonds. The van der Waals surface area contributed by atoms with E-state index < -0.39 is 59.7 Å². The van der Waals surface area contributed by atoms with Gasteiger partial charge in [0.1, 0.15) is 18.1 Å². The van der Waals surface area contributed by atoms with Gasteiger partial charge >= 0.3 is 12.0 Å². The number of amides is 6. The number of rotatable bonds is 16. The van der Waals surface area contributed by atoms with Crippen molar-refractivity contribution in [3.63, 3.8) is 0 Å². The standard InChI is InChI=1S/C29H52N6O7/c1-8-19(9-2)31-28(42)34-24(29(5,6)7)27(41)33-20(16-22(36)35-14-10-11-15-35)26(40)32-21(17-23(37)38)25(39)30-13-12-18(3)4/h18-21,24H,8-17H2,1-7H3,(H,30,39)(H,32,40)(H,33,41)(H,37,38)(H2,31,34,42)/t20-,21-,24+/m0/s1. The highest BCUT2D eigenvalue weighted by molar-refractivity contribution is 5.97. The summed E-state index contributed by atoms with van der Waals surface area (Å²) in [6.07, 6.45) is 2.67. The van der Waals surface area contributed by atoms with Crippen molar-refractivity contribution >= 4 is 35.6 Å². The third-order valence-corrected chi connectivity index (χ3v) is 7.23. The first kappa shape index (κ1) is 36.6. The minimum atomic E-state index is -1.41. The number of likely N-dealkylation sites (tertiary alicyclic amines) is 1. The lowest BCUT2D eigenvalue weighted by atomic mass is 9.86. The zero-order chi connectivity index (χ0) is 32.0. The number of nitrogens with one attached hydrogen (secondary N) is 5. The Labute approximate surface area is 249 Å². The minimum absolute atomic E-state index is 0.0804. The molecule has 0 bridgehead atoms. The molecule has 1 rings (SSSR count). The van der Waals surface area contributed by atoms with Crippen LogP contribution in [0.1, 0.15) is 93.4 Å². The lowest BCUT2D eigenvalue weighted by molar-refractivity contribution is -0.142. The van der Waals surface area contributed by atoms with Gasteiger partial charge in [0.05, 0.1) is 12.8 Å². The molecule has 3 atom stereocenters. The van der Waals surface area contributed by atoms with Crippen LogP contribution in [-0.2, 0) is 24.0 Å². The lowest BCUT2D eigenvalue weighted by Crippen LogP contribution is -2.61. The van der Waals surface area contributed by atoms with Gasteiger partial charge in [-0.2, -0.15) is 0 Å². The average molecular weight is 597 g/mol. The van der Waals surface area contributed by atoms with Gasteiger partial charge in [-0.05, 0) is 43.4 Å². The van der Waals surface area contributed by atoms with E-state index in [4.69, 9.17) is 0 Å². The molecule has 1 aliphatic rings. The van der Waals surface area contributed by atoms with Gasteiger partial charge in [-0.25, -0.2) is 4.79 Å². The first-order valence-electron chi connectivity index (χ1n) is 15.0. The Morgan fingerprint density at radius 3 is 1.83 bits per heavy atom. The maximum atomic E-state index is 13.5. The summed E-state index contributed by atoms with van der Waals surface area (Å²) < 4.78 is 0. The summed E-state index contributed by atoms with van der Waals surface area (Å²) in [6, 6.07) is -4.50. The molecule has 0 aromatic carbocycles. The molecule has 0 saturated carbocycles. The Balaban J connectivity index is 3.18. The highest BCUT2D eigenvalue weighted by atomic mass is 16.4. The van der Waals surface area contributed by atoms with Crippen molar-refractivity contribution < 1.29 is 33.9 Å². The summed E-state index contributed by atoms with van der Waals surface area (Å²) in [7, 11) is 0. The maximum Gasteiger partial charge on any atom is 0.315 e. The molecule has 6 N–H and O–H groups in total. The van der Waals surface area contributed by atoms with Gasteiger partial charge in [0, 0.05) is 25.7 Å². The third-order valence-electron chi connectivity index (χ3n) is 7.23. The Kier molecular flexibility index (Phi) is 15.3. The second-order valence-corrected chi connectivity index (χ2v) is 12.4. The van der Waals surface area contributed by atoms with Crippen molar-refractivity contribution in [2.24, 2.45) is 11.3 Å². The van der Waals surface area contributed by atoms with Gasteiger partial charge in [-0.15, -0.1) is 0 Å². The quantitative estimate of drug-likeness (QED) is 0.156. The van der Waals surface area contributed by atoms with Crippen LogP contribution in [-0.4, -0.2) is 89.4 Å². The summed E-state index contributed by atoms with van der Waals surface area (Å²) in [5, 5.41) is 22.6. The predicted octanol–water partition coefficient (Wildman–Crippen LogP) is 1.51. The maximum absolute atomic E-state index is 13.5. The second-order valence-electron chi connectivity index (χ2n) is 12.4. The smallest absolute Gasteiger partial charge is 0.315 e. The number of carboxylic acids is 1. The van der Waals surface area contributed by atoms with E-state index in [1.165, 1.54) is 0 Å². The molecule has 0 aromatic heterocycles. The number of hydrogen-bond donors (Lipinski definition) is 6. The van der Waals surface area contributed by atoms with Crippen molar-refractivity contribution in [3.8, 4) is 0 Å². The molecule has 13 nitrogen and oxygen atoms in total. The number of nitrogens with zero attached hydrogens (tertiary/aromatic N) is 1. The fourth-order valence-corrected chi connectivity index (χ4v) is 4.52. The molecule has 1 aliphatic heterocycles. The number of carbonyl (C=O) groups is 6. The summed E-state index contributed by atoms with van der Waals surface area (Å²) in [6.45, 7) is 14.4. The number of hydrogen-bond acceptors (Lipinski definition) is 6. The van der Waals surface area contributed by atoms with E-state index in [1.54, 1.807) is 25.7 Å². The van der Waals surface area contributed by atoms with Crippen LogP contribution in [0, 0.1) is 11.3 Å². The number of carbonyl (C=O) groups excluding carboxylic acids is 5. The molecule has 1 saturated heterocycles. The van der Waals surface area contributed by atoms with Crippen LogP contribution in [0.5, 0.6) is 0 Å². The van der Waals surface area contributed by atoms with Gasteiger partial charge in [0.25, 0.3) is 0 Å². The van der Waals surface area contributed by atoms with Crippen LogP contribution >= 0.6 is 0 Å². The molecular formula is C29H52N6O7. The van der Waals surface area contributed by atoms with E-state index in [0.717, 1.165) is 12.8 Å². The normalized spacial score (nSPS) is 15.5. The fourth-order valence-electron chi connectivity index (χ4n) is 4.52. The molecular weight excluding hydrogens is 544 g/mol. The second kappa shape index (κ2) is 17.5. The third kappa shape index (κ3) is 13.1. The highest BCUT2D eigenvalue weighted by Gasteiger charge is 2.37. The van der Waals surface area contributed by atoms with Gasteiger partial charge in [0.15, 0.2) is 0 Å². The monoisotopic (exact) mass is 596 g/mol. The number of urea groups is 1. The van der Waals surface area contributed by atoms with E-state index in [-0.39, 0.29) is 18.4 Å². The molecule has 42 heavy (non-hydrogen) atoms. The van der Waals surface area contributed by atoms with Crippen LogP contribution in [0.4, 0.5) is 4.79 Å². The van der Waals surface area contributed by atoms with Gasteiger partial charge in [-0.3, -0.25) is 24.0 Å². The van der Waals surface area contributed by atoms with Crippen molar-refractivity contribution in [3.05, 3.63) is 0 Å². The van der Waals surface area contributed by atoms with E-state index >= 15 is 0 Å². The predicted molar refractivity (Wildman–Crippen MR) is 158 cm³/mol. The summed E-state index contributed by atoms with van der Waals surface area (Å²) in [4.78, 5) is 78.6. The summed E-state index contributed by atoms with van der Waals surface area (Å²) >= 11 is 0. The van der Waals surface area contributed by atoms with E-state index in [2.05, 4.69) is 26.6 Å².